The number of benzene rings is 4. The topological polar surface area (TPSA) is 123 Å². The van der Waals surface area contributed by atoms with Gasteiger partial charge in [-0.2, -0.15) is 0 Å². The fourth-order valence-corrected chi connectivity index (χ4v) is 5.76. The van der Waals surface area contributed by atoms with Crippen molar-refractivity contribution in [3.63, 3.8) is 0 Å². The van der Waals surface area contributed by atoms with E-state index in [-0.39, 0.29) is 12.4 Å². The average Bonchev–Trinajstić information content (AvgIpc) is 3.01. The van der Waals surface area contributed by atoms with Gasteiger partial charge in [0.2, 0.25) is 0 Å². The van der Waals surface area contributed by atoms with Crippen LogP contribution in [0, 0.1) is 0 Å². The Morgan fingerprint density at radius 1 is 0.605 bits per heavy atom. The molecule has 0 unspecified atom stereocenters. The van der Waals surface area contributed by atoms with Crippen LogP contribution in [0.1, 0.15) is 40.3 Å². The molecule has 0 aliphatic rings. The van der Waals surface area contributed by atoms with Gasteiger partial charge in [-0.05, 0) is 138 Å². The molecule has 0 radical (unpaired) electrons. The highest BCUT2D eigenvalue weighted by Gasteiger charge is 2.18. The highest BCUT2D eigenvalue weighted by molar-refractivity contribution is 5.85. The van der Waals surface area contributed by atoms with E-state index < -0.39 is 0 Å². The summed E-state index contributed by atoms with van der Waals surface area (Å²) in [7, 11) is 1.70. The van der Waals surface area contributed by atoms with Crippen molar-refractivity contribution in [2.24, 2.45) is 22.9 Å². The zero-order chi connectivity index (χ0) is 29.9. The fourth-order valence-electron chi connectivity index (χ4n) is 5.76. The van der Waals surface area contributed by atoms with Crippen molar-refractivity contribution in [3.05, 3.63) is 106 Å². The predicted octanol–water partition coefficient (Wildman–Crippen LogP) is 5.60. The molecule has 4 aromatic carbocycles. The van der Waals surface area contributed by atoms with Crippen molar-refractivity contribution in [2.75, 3.05) is 33.3 Å². The van der Waals surface area contributed by atoms with Crippen LogP contribution in [-0.2, 0) is 38.7 Å². The first kappa shape index (κ1) is 34.1. The first-order valence-corrected chi connectivity index (χ1v) is 15.0. The van der Waals surface area contributed by atoms with Crippen LogP contribution in [0.3, 0.4) is 0 Å². The summed E-state index contributed by atoms with van der Waals surface area (Å²) in [6.07, 6.45) is 3.88. The molecule has 0 heterocycles. The summed E-state index contributed by atoms with van der Waals surface area (Å²) in [5.41, 5.74) is 36.0. The third kappa shape index (κ3) is 8.37. The molecule has 4 aromatic rings. The zero-order valence-corrected chi connectivity index (χ0v) is 26.3. The summed E-state index contributed by atoms with van der Waals surface area (Å²) in [5.74, 6) is 1.75. The summed E-state index contributed by atoms with van der Waals surface area (Å²) in [6, 6.07) is 25.7. The molecule has 0 bridgehead atoms. The van der Waals surface area contributed by atoms with Crippen molar-refractivity contribution in [1.29, 1.82) is 0 Å². The first-order chi connectivity index (χ1) is 20.6. The highest BCUT2D eigenvalue weighted by Crippen LogP contribution is 2.38. The molecule has 8 N–H and O–H groups in total. The molecule has 0 saturated carbocycles. The lowest BCUT2D eigenvalue weighted by molar-refractivity contribution is 0.300. The molecule has 0 spiro atoms. The van der Waals surface area contributed by atoms with Crippen LogP contribution in [0.15, 0.2) is 72.8 Å². The second-order valence-corrected chi connectivity index (χ2v) is 10.6. The van der Waals surface area contributed by atoms with E-state index in [1.54, 1.807) is 7.11 Å². The van der Waals surface area contributed by atoms with Gasteiger partial charge in [0.25, 0.3) is 0 Å². The van der Waals surface area contributed by atoms with Crippen LogP contribution in [0.5, 0.6) is 11.5 Å². The van der Waals surface area contributed by atoms with E-state index >= 15 is 0 Å². The van der Waals surface area contributed by atoms with Crippen LogP contribution in [0.2, 0.25) is 0 Å². The number of aryl methyl sites for hydroxylation is 1. The lowest BCUT2D eigenvalue weighted by Gasteiger charge is -2.21. The van der Waals surface area contributed by atoms with Crippen molar-refractivity contribution < 1.29 is 9.47 Å². The minimum absolute atomic E-state index is 0. The van der Waals surface area contributed by atoms with Crippen molar-refractivity contribution >= 4 is 12.4 Å². The van der Waals surface area contributed by atoms with Crippen LogP contribution in [-0.4, -0.2) is 33.3 Å². The van der Waals surface area contributed by atoms with Crippen LogP contribution in [0.25, 0.3) is 22.3 Å². The van der Waals surface area contributed by atoms with Gasteiger partial charge in [0.05, 0.1) is 7.11 Å². The zero-order valence-electron chi connectivity index (χ0n) is 25.5. The lowest BCUT2D eigenvalue weighted by Crippen LogP contribution is -2.11. The Kier molecular flexibility index (Phi) is 13.5. The van der Waals surface area contributed by atoms with Crippen LogP contribution < -0.4 is 32.4 Å². The maximum Gasteiger partial charge on any atom is 0.126 e. The standard InChI is InChI=1S/C36H46N4O2.ClH/c1-3-26-19-27(35-28(11-15-37)22-33(41-2)23-29(35)12-16-38)9-10-34(26)32-20-30(13-17-39)36(31(21-32)14-18-40)42-24-25-7-5-4-6-8-25;/h4-10,19-23H,3,11-18,24,37-40H2,1-2H3;1H. The number of rotatable bonds is 15. The smallest absolute Gasteiger partial charge is 0.126 e. The lowest BCUT2D eigenvalue weighted by atomic mass is 9.87. The third-order valence-electron chi connectivity index (χ3n) is 7.72. The van der Waals surface area contributed by atoms with E-state index in [0.29, 0.717) is 32.8 Å². The Labute approximate surface area is 263 Å². The first-order valence-electron chi connectivity index (χ1n) is 15.0. The van der Waals surface area contributed by atoms with E-state index in [9.17, 15) is 0 Å². The summed E-state index contributed by atoms with van der Waals surface area (Å²) in [6.45, 7) is 4.91. The number of ether oxygens (including phenoxy) is 2. The monoisotopic (exact) mass is 602 g/mol. The summed E-state index contributed by atoms with van der Waals surface area (Å²) in [5, 5.41) is 0. The molecule has 43 heavy (non-hydrogen) atoms. The normalized spacial score (nSPS) is 10.8. The summed E-state index contributed by atoms with van der Waals surface area (Å²) >= 11 is 0. The quantitative estimate of drug-likeness (QED) is 0.141. The second kappa shape index (κ2) is 17.0. The van der Waals surface area contributed by atoms with Gasteiger partial charge in [-0.15, -0.1) is 12.4 Å². The Bertz CT molecular complexity index is 1410. The molecule has 230 valence electrons. The van der Waals surface area contributed by atoms with Gasteiger partial charge in [-0.25, -0.2) is 0 Å². The van der Waals surface area contributed by atoms with Gasteiger partial charge in [0.15, 0.2) is 0 Å². The molecular formula is C36H47ClN4O2. The largest absolute Gasteiger partial charge is 0.497 e. The Morgan fingerprint density at radius 3 is 1.65 bits per heavy atom. The second-order valence-electron chi connectivity index (χ2n) is 10.6. The Morgan fingerprint density at radius 2 is 1.14 bits per heavy atom. The van der Waals surface area contributed by atoms with E-state index in [4.69, 9.17) is 32.4 Å². The van der Waals surface area contributed by atoms with E-state index in [2.05, 4.69) is 61.5 Å². The number of hydrogen-bond donors (Lipinski definition) is 4. The molecular weight excluding hydrogens is 556 g/mol. The minimum atomic E-state index is 0. The molecule has 7 heteroatoms. The molecule has 0 aliphatic heterocycles. The summed E-state index contributed by atoms with van der Waals surface area (Å²) in [4.78, 5) is 0. The van der Waals surface area contributed by atoms with Gasteiger partial charge in [-0.3, -0.25) is 0 Å². The van der Waals surface area contributed by atoms with Gasteiger partial charge in [0, 0.05) is 0 Å². The molecule has 4 rings (SSSR count). The maximum absolute atomic E-state index is 6.43. The van der Waals surface area contributed by atoms with E-state index in [1.807, 2.05) is 18.2 Å². The van der Waals surface area contributed by atoms with Crippen LogP contribution in [0.4, 0.5) is 0 Å². The number of nitrogens with two attached hydrogens (primary N) is 4. The fraction of sp³-hybridized carbons (Fsp3) is 0.333. The Balaban J connectivity index is 0.00000506. The molecule has 0 amide bonds. The maximum atomic E-state index is 6.43. The average molecular weight is 603 g/mol. The van der Waals surface area contributed by atoms with Crippen molar-refractivity contribution in [1.82, 2.24) is 0 Å². The molecule has 0 aromatic heterocycles. The van der Waals surface area contributed by atoms with E-state index in [1.165, 1.54) is 33.4 Å². The third-order valence-corrected chi connectivity index (χ3v) is 7.72. The SMILES string of the molecule is CCc1cc(-c2c(CCN)cc(OC)cc2CCN)ccc1-c1cc(CCN)c(OCc2ccccc2)c(CCN)c1.Cl. The number of methoxy groups -OCH3 is 1. The molecule has 0 fully saturated rings. The van der Waals surface area contributed by atoms with E-state index in [0.717, 1.165) is 65.9 Å². The predicted molar refractivity (Wildman–Crippen MR) is 182 cm³/mol. The Hall–Kier alpha value is -3.39. The van der Waals surface area contributed by atoms with Gasteiger partial charge in [-0.1, -0.05) is 55.5 Å². The van der Waals surface area contributed by atoms with Crippen molar-refractivity contribution in [2.45, 2.75) is 45.6 Å². The molecule has 0 aliphatic carbocycles. The molecule has 0 saturated heterocycles. The minimum Gasteiger partial charge on any atom is -0.497 e. The molecule has 0 atom stereocenters. The van der Waals surface area contributed by atoms with Crippen LogP contribution >= 0.6 is 12.4 Å². The van der Waals surface area contributed by atoms with Gasteiger partial charge >= 0.3 is 0 Å². The number of halogens is 1. The van der Waals surface area contributed by atoms with Crippen molar-refractivity contribution in [3.8, 4) is 33.8 Å². The van der Waals surface area contributed by atoms with Gasteiger partial charge < -0.3 is 32.4 Å². The number of hydrogen-bond acceptors (Lipinski definition) is 6. The van der Waals surface area contributed by atoms with Gasteiger partial charge in [0.1, 0.15) is 18.1 Å². The molecule has 6 nitrogen and oxygen atoms in total. The highest BCUT2D eigenvalue weighted by atomic mass is 35.5. The summed E-state index contributed by atoms with van der Waals surface area (Å²) < 4.78 is 12.0.